The molecule has 3 rings (SSSR count). The number of carbonyl (C=O) groups is 2. The minimum atomic E-state index is -3.71. The molecule has 0 saturated carbocycles. The Balaban J connectivity index is 1.90. The summed E-state index contributed by atoms with van der Waals surface area (Å²) in [6.45, 7) is 5.93. The molecule has 2 amide bonds. The molecular formula is C31H37Cl2N3O4S. The van der Waals surface area contributed by atoms with Crippen molar-refractivity contribution in [2.75, 3.05) is 17.1 Å². The maximum absolute atomic E-state index is 13.9. The van der Waals surface area contributed by atoms with Crippen LogP contribution in [0.1, 0.15) is 44.7 Å². The van der Waals surface area contributed by atoms with Crippen LogP contribution in [-0.2, 0) is 32.6 Å². The van der Waals surface area contributed by atoms with Crippen LogP contribution in [0.25, 0.3) is 0 Å². The Morgan fingerprint density at radius 2 is 1.49 bits per heavy atom. The van der Waals surface area contributed by atoms with Crippen molar-refractivity contribution in [3.63, 3.8) is 0 Å². The molecule has 0 aromatic heterocycles. The number of nitrogens with one attached hydrogen (secondary N) is 1. The summed E-state index contributed by atoms with van der Waals surface area (Å²) < 4.78 is 26.5. The highest BCUT2D eigenvalue weighted by Crippen LogP contribution is 2.31. The van der Waals surface area contributed by atoms with E-state index < -0.39 is 21.6 Å². The number of hydrogen-bond acceptors (Lipinski definition) is 4. The number of sulfonamides is 1. The third-order valence-corrected chi connectivity index (χ3v) is 8.03. The van der Waals surface area contributed by atoms with E-state index in [1.165, 1.54) is 12.1 Å². The lowest BCUT2D eigenvalue weighted by atomic mass is 10.00. The van der Waals surface area contributed by atoms with Crippen LogP contribution in [-0.4, -0.2) is 49.5 Å². The average molecular weight is 619 g/mol. The number of benzene rings is 3. The highest BCUT2D eigenvalue weighted by atomic mass is 35.5. The predicted octanol–water partition coefficient (Wildman–Crippen LogP) is 6.09. The number of nitrogens with zero attached hydrogens (tertiary/aromatic N) is 2. The van der Waals surface area contributed by atoms with Crippen molar-refractivity contribution < 1.29 is 18.0 Å². The van der Waals surface area contributed by atoms with Gasteiger partial charge in [-0.2, -0.15) is 0 Å². The maximum atomic E-state index is 13.9. The molecule has 0 fully saturated rings. The first-order chi connectivity index (χ1) is 19.2. The Labute approximate surface area is 253 Å². The molecule has 1 atom stereocenters. The summed E-state index contributed by atoms with van der Waals surface area (Å²) in [6, 6.07) is 22.9. The summed E-state index contributed by atoms with van der Waals surface area (Å²) in [5.41, 5.74) is 1.55. The summed E-state index contributed by atoms with van der Waals surface area (Å²) in [6.07, 6.45) is 1.64. The second-order valence-electron chi connectivity index (χ2n) is 11.0. The normalized spacial score (nSPS) is 12.4. The van der Waals surface area contributed by atoms with Gasteiger partial charge in [-0.1, -0.05) is 83.9 Å². The van der Waals surface area contributed by atoms with E-state index in [9.17, 15) is 18.0 Å². The molecule has 10 heteroatoms. The molecule has 0 unspecified atom stereocenters. The van der Waals surface area contributed by atoms with Crippen molar-refractivity contribution in [3.05, 3.63) is 100 Å². The Bertz CT molecular complexity index is 1430. The lowest BCUT2D eigenvalue weighted by molar-refractivity contribution is -0.142. The monoisotopic (exact) mass is 617 g/mol. The molecule has 0 aliphatic rings. The zero-order chi connectivity index (χ0) is 30.2. The fraction of sp³-hybridized carbons (Fsp3) is 0.355. The van der Waals surface area contributed by atoms with Crippen molar-refractivity contribution in [1.82, 2.24) is 10.2 Å². The number of anilines is 1. The summed E-state index contributed by atoms with van der Waals surface area (Å²) in [7, 11) is -3.71. The van der Waals surface area contributed by atoms with E-state index >= 15 is 0 Å². The van der Waals surface area contributed by atoms with Gasteiger partial charge in [-0.15, -0.1) is 0 Å². The van der Waals surface area contributed by atoms with E-state index in [0.29, 0.717) is 11.4 Å². The first-order valence-corrected chi connectivity index (χ1v) is 16.0. The molecule has 3 aromatic rings. The largest absolute Gasteiger partial charge is 0.350 e. The van der Waals surface area contributed by atoms with Gasteiger partial charge in [0.15, 0.2) is 0 Å². The van der Waals surface area contributed by atoms with Gasteiger partial charge in [-0.05, 0) is 56.5 Å². The molecule has 0 bridgehead atoms. The Hall–Kier alpha value is -3.07. The van der Waals surface area contributed by atoms with Crippen LogP contribution in [0.3, 0.4) is 0 Å². The Kier molecular flexibility index (Phi) is 11.2. The van der Waals surface area contributed by atoms with E-state index in [-0.39, 0.29) is 48.5 Å². The fourth-order valence-electron chi connectivity index (χ4n) is 4.45. The van der Waals surface area contributed by atoms with E-state index in [0.717, 1.165) is 21.7 Å². The minimum Gasteiger partial charge on any atom is -0.350 e. The third kappa shape index (κ3) is 10.1. The lowest BCUT2D eigenvalue weighted by Gasteiger charge is -2.34. The Morgan fingerprint density at radius 1 is 0.902 bits per heavy atom. The van der Waals surface area contributed by atoms with Gasteiger partial charge in [-0.25, -0.2) is 8.42 Å². The van der Waals surface area contributed by atoms with Crippen molar-refractivity contribution in [2.45, 2.75) is 58.2 Å². The predicted molar refractivity (Wildman–Crippen MR) is 167 cm³/mol. The number of amides is 2. The molecule has 0 spiro atoms. The highest BCUT2D eigenvalue weighted by molar-refractivity contribution is 7.92. The van der Waals surface area contributed by atoms with Gasteiger partial charge in [0.25, 0.3) is 0 Å². The molecule has 3 aromatic carbocycles. The summed E-state index contributed by atoms with van der Waals surface area (Å²) in [5.74, 6) is -0.515. The SMILES string of the molecule is CC(C)(C)NC(=O)[C@@H](Cc1ccccc1)N(Cc1ccccc1)C(=O)CCCN(c1cc(Cl)ccc1Cl)S(C)(=O)=O. The van der Waals surface area contributed by atoms with Gasteiger partial charge in [-0.3, -0.25) is 13.9 Å². The standard InChI is InChI=1S/C31H37Cl2N3O4S/c1-31(2,3)34-30(38)28(20-23-12-7-5-8-13-23)35(22-24-14-9-6-10-15-24)29(37)16-11-19-36(41(4,39)40)27-21-25(32)17-18-26(27)33/h5-10,12-15,17-18,21,28H,11,16,19-20,22H2,1-4H3,(H,34,38)/t28-/m1/s1. The maximum Gasteiger partial charge on any atom is 0.243 e. The first-order valence-electron chi connectivity index (χ1n) is 13.4. The van der Waals surface area contributed by atoms with Crippen LogP contribution >= 0.6 is 23.2 Å². The van der Waals surface area contributed by atoms with E-state index in [1.54, 1.807) is 11.0 Å². The van der Waals surface area contributed by atoms with Gasteiger partial charge >= 0.3 is 0 Å². The van der Waals surface area contributed by atoms with E-state index in [1.807, 2.05) is 81.4 Å². The van der Waals surface area contributed by atoms with E-state index in [2.05, 4.69) is 5.32 Å². The van der Waals surface area contributed by atoms with Crippen LogP contribution in [0.4, 0.5) is 5.69 Å². The quantitative estimate of drug-likeness (QED) is 0.266. The van der Waals surface area contributed by atoms with Crippen LogP contribution in [0.5, 0.6) is 0 Å². The molecule has 0 radical (unpaired) electrons. The molecular weight excluding hydrogens is 581 g/mol. The second-order valence-corrected chi connectivity index (χ2v) is 13.7. The highest BCUT2D eigenvalue weighted by Gasteiger charge is 2.32. The van der Waals surface area contributed by atoms with Gasteiger partial charge in [0.05, 0.1) is 17.0 Å². The number of rotatable bonds is 12. The number of halogens is 2. The smallest absolute Gasteiger partial charge is 0.243 e. The summed E-state index contributed by atoms with van der Waals surface area (Å²) >= 11 is 12.4. The third-order valence-electron chi connectivity index (χ3n) is 6.29. The molecule has 220 valence electrons. The minimum absolute atomic E-state index is 0.0152. The van der Waals surface area contributed by atoms with Crippen molar-refractivity contribution in [1.29, 1.82) is 0 Å². The second kappa shape index (κ2) is 14.2. The zero-order valence-electron chi connectivity index (χ0n) is 23.8. The number of carbonyl (C=O) groups excluding carboxylic acids is 2. The molecule has 41 heavy (non-hydrogen) atoms. The summed E-state index contributed by atoms with van der Waals surface area (Å²) in [5, 5.41) is 3.62. The van der Waals surface area contributed by atoms with E-state index in [4.69, 9.17) is 23.2 Å². The van der Waals surface area contributed by atoms with Crippen molar-refractivity contribution >= 4 is 50.7 Å². The molecule has 0 aliphatic carbocycles. The fourth-order valence-corrected chi connectivity index (χ4v) is 5.85. The van der Waals surface area contributed by atoms with Gasteiger partial charge in [0, 0.05) is 36.5 Å². The first kappa shape index (κ1) is 32.4. The van der Waals surface area contributed by atoms with Gasteiger partial charge in [0.2, 0.25) is 21.8 Å². The van der Waals surface area contributed by atoms with Crippen molar-refractivity contribution in [3.8, 4) is 0 Å². The Morgan fingerprint density at radius 3 is 2.05 bits per heavy atom. The van der Waals surface area contributed by atoms with Crippen LogP contribution in [0.15, 0.2) is 78.9 Å². The van der Waals surface area contributed by atoms with Gasteiger partial charge in [0.1, 0.15) is 6.04 Å². The van der Waals surface area contributed by atoms with Crippen molar-refractivity contribution in [2.24, 2.45) is 0 Å². The summed E-state index contributed by atoms with van der Waals surface area (Å²) in [4.78, 5) is 29.1. The average Bonchev–Trinajstić information content (AvgIpc) is 2.89. The molecule has 1 N–H and O–H groups in total. The van der Waals surface area contributed by atoms with Crippen LogP contribution < -0.4 is 9.62 Å². The van der Waals surface area contributed by atoms with Gasteiger partial charge < -0.3 is 10.2 Å². The molecule has 0 heterocycles. The molecule has 7 nitrogen and oxygen atoms in total. The van der Waals surface area contributed by atoms with Crippen LogP contribution in [0.2, 0.25) is 10.0 Å². The molecule has 0 aliphatic heterocycles. The topological polar surface area (TPSA) is 86.8 Å². The lowest BCUT2D eigenvalue weighted by Crippen LogP contribution is -2.54. The number of hydrogen-bond donors (Lipinski definition) is 1. The zero-order valence-corrected chi connectivity index (χ0v) is 26.1. The molecule has 0 saturated heterocycles. The van der Waals surface area contributed by atoms with Crippen LogP contribution in [0, 0.1) is 0 Å².